The van der Waals surface area contributed by atoms with Crippen LogP contribution in [0.2, 0.25) is 0 Å². The first-order valence-corrected chi connectivity index (χ1v) is 6.86. The lowest BCUT2D eigenvalue weighted by Crippen LogP contribution is -2.17. The summed E-state index contributed by atoms with van der Waals surface area (Å²) in [6.07, 6.45) is 0. The molecule has 0 N–H and O–H groups in total. The van der Waals surface area contributed by atoms with Gasteiger partial charge in [-0.2, -0.15) is 5.26 Å². The molecular formula is C16H13N3O4. The molecule has 0 aromatic heterocycles. The second-order valence-electron chi connectivity index (χ2n) is 5.12. The van der Waals surface area contributed by atoms with E-state index >= 15 is 0 Å². The molecule has 0 atom stereocenters. The van der Waals surface area contributed by atoms with Crippen LogP contribution in [-0.2, 0) is 6.54 Å². The number of nitro groups is 1. The highest BCUT2D eigenvalue weighted by molar-refractivity contribution is 5.65. The van der Waals surface area contributed by atoms with Gasteiger partial charge in [-0.1, -0.05) is 6.07 Å². The van der Waals surface area contributed by atoms with Crippen LogP contribution in [0.3, 0.4) is 0 Å². The molecule has 0 saturated heterocycles. The van der Waals surface area contributed by atoms with Crippen molar-refractivity contribution < 1.29 is 14.4 Å². The Morgan fingerprint density at radius 3 is 2.78 bits per heavy atom. The summed E-state index contributed by atoms with van der Waals surface area (Å²) in [6.45, 7) is 0.666. The number of hydrogen-bond donors (Lipinski definition) is 0. The maximum atomic E-state index is 11.2. The van der Waals surface area contributed by atoms with E-state index in [0.29, 0.717) is 23.7 Å². The fourth-order valence-electron chi connectivity index (χ4n) is 2.46. The molecule has 2 aromatic carbocycles. The molecule has 2 aromatic rings. The number of nitro benzene ring substituents is 1. The van der Waals surface area contributed by atoms with Crippen LogP contribution < -0.4 is 14.4 Å². The normalized spacial score (nSPS) is 11.8. The monoisotopic (exact) mass is 311 g/mol. The predicted molar refractivity (Wildman–Crippen MR) is 82.5 cm³/mol. The molecule has 0 amide bonds. The van der Waals surface area contributed by atoms with Crippen LogP contribution >= 0.6 is 0 Å². The summed E-state index contributed by atoms with van der Waals surface area (Å²) in [5.41, 5.74) is 1.56. The number of nitrogens with zero attached hydrogens (tertiary/aromatic N) is 3. The van der Waals surface area contributed by atoms with Crippen LogP contribution in [0, 0.1) is 21.4 Å². The Labute approximate surface area is 132 Å². The van der Waals surface area contributed by atoms with Gasteiger partial charge in [0, 0.05) is 19.7 Å². The molecule has 0 radical (unpaired) electrons. The molecule has 7 heteroatoms. The molecule has 116 valence electrons. The molecule has 0 saturated carbocycles. The van der Waals surface area contributed by atoms with Gasteiger partial charge in [0.25, 0.3) is 5.69 Å². The Kier molecular flexibility index (Phi) is 3.73. The van der Waals surface area contributed by atoms with E-state index in [1.54, 1.807) is 24.1 Å². The number of ether oxygens (including phenoxy) is 2. The summed E-state index contributed by atoms with van der Waals surface area (Å²) in [7, 11) is 1.76. The quantitative estimate of drug-likeness (QED) is 0.637. The number of rotatable bonds is 4. The highest BCUT2D eigenvalue weighted by Gasteiger charge is 2.19. The Hall–Kier alpha value is -3.27. The molecule has 1 aliphatic rings. The minimum absolute atomic E-state index is 0.0905. The molecule has 1 aliphatic heterocycles. The largest absolute Gasteiger partial charge is 0.454 e. The topological polar surface area (TPSA) is 88.6 Å². The van der Waals surface area contributed by atoms with Crippen molar-refractivity contribution in [2.24, 2.45) is 0 Å². The van der Waals surface area contributed by atoms with Gasteiger partial charge >= 0.3 is 0 Å². The predicted octanol–water partition coefficient (Wildman–Crippen LogP) is 2.83. The van der Waals surface area contributed by atoms with Crippen molar-refractivity contribution in [1.29, 1.82) is 5.26 Å². The van der Waals surface area contributed by atoms with Crippen LogP contribution in [0.5, 0.6) is 11.5 Å². The zero-order valence-corrected chi connectivity index (χ0v) is 12.4. The standard InChI is InChI=1S/C16H13N3O4/c1-18(9-12-3-5-15-16(7-12)23-10-22-15)13-4-2-11(8-17)6-14(13)19(20)21/h2-7H,9-10H2,1H3. The second-order valence-corrected chi connectivity index (χ2v) is 5.12. The van der Waals surface area contributed by atoms with Crippen molar-refractivity contribution >= 4 is 11.4 Å². The molecule has 0 bridgehead atoms. The van der Waals surface area contributed by atoms with Crippen LogP contribution in [0.25, 0.3) is 0 Å². The Morgan fingerprint density at radius 2 is 2.04 bits per heavy atom. The van der Waals surface area contributed by atoms with Crippen molar-refractivity contribution in [3.8, 4) is 17.6 Å². The highest BCUT2D eigenvalue weighted by Crippen LogP contribution is 2.34. The smallest absolute Gasteiger partial charge is 0.293 e. The van der Waals surface area contributed by atoms with E-state index in [-0.39, 0.29) is 18.0 Å². The van der Waals surface area contributed by atoms with Crippen LogP contribution in [0.4, 0.5) is 11.4 Å². The number of hydrogen-bond acceptors (Lipinski definition) is 6. The third-order valence-corrected chi connectivity index (χ3v) is 3.57. The SMILES string of the molecule is CN(Cc1ccc2c(c1)OCO2)c1ccc(C#N)cc1[N+](=O)[O-]. The second kappa shape index (κ2) is 5.85. The molecule has 1 heterocycles. The van der Waals surface area contributed by atoms with E-state index in [1.807, 2.05) is 24.3 Å². The van der Waals surface area contributed by atoms with Gasteiger partial charge in [0.05, 0.1) is 16.6 Å². The summed E-state index contributed by atoms with van der Waals surface area (Å²) in [5, 5.41) is 20.1. The molecule has 7 nitrogen and oxygen atoms in total. The Morgan fingerprint density at radius 1 is 1.26 bits per heavy atom. The number of nitriles is 1. The third-order valence-electron chi connectivity index (χ3n) is 3.57. The lowest BCUT2D eigenvalue weighted by Gasteiger charge is -2.19. The maximum Gasteiger partial charge on any atom is 0.293 e. The molecule has 0 aliphatic carbocycles. The summed E-state index contributed by atoms with van der Waals surface area (Å²) in [5.74, 6) is 1.37. The van der Waals surface area contributed by atoms with Gasteiger partial charge in [0.1, 0.15) is 5.69 Å². The van der Waals surface area contributed by atoms with Crippen LogP contribution in [0.15, 0.2) is 36.4 Å². The Bertz CT molecular complexity index is 813. The van der Waals surface area contributed by atoms with E-state index in [1.165, 1.54) is 6.07 Å². The van der Waals surface area contributed by atoms with Gasteiger partial charge in [0.2, 0.25) is 6.79 Å². The van der Waals surface area contributed by atoms with Gasteiger partial charge in [-0.25, -0.2) is 0 Å². The van der Waals surface area contributed by atoms with Crippen molar-refractivity contribution in [2.75, 3.05) is 18.7 Å². The van der Waals surface area contributed by atoms with Crippen molar-refractivity contribution in [2.45, 2.75) is 6.54 Å². The van der Waals surface area contributed by atoms with E-state index in [0.717, 1.165) is 5.56 Å². The minimum Gasteiger partial charge on any atom is -0.454 e. The summed E-state index contributed by atoms with van der Waals surface area (Å²) in [4.78, 5) is 12.5. The molecular weight excluding hydrogens is 298 g/mol. The fraction of sp³-hybridized carbons (Fsp3) is 0.188. The first-order valence-electron chi connectivity index (χ1n) is 6.86. The molecule has 0 fully saturated rings. The first-order chi connectivity index (χ1) is 11.1. The lowest BCUT2D eigenvalue weighted by atomic mass is 10.1. The zero-order chi connectivity index (χ0) is 16.4. The summed E-state index contributed by atoms with van der Waals surface area (Å²) < 4.78 is 10.6. The average molecular weight is 311 g/mol. The van der Waals surface area contributed by atoms with Gasteiger partial charge < -0.3 is 14.4 Å². The van der Waals surface area contributed by atoms with E-state index in [9.17, 15) is 10.1 Å². The van der Waals surface area contributed by atoms with Crippen molar-refractivity contribution in [3.05, 3.63) is 57.6 Å². The maximum absolute atomic E-state index is 11.2. The van der Waals surface area contributed by atoms with E-state index in [2.05, 4.69) is 0 Å². The van der Waals surface area contributed by atoms with Crippen molar-refractivity contribution in [3.63, 3.8) is 0 Å². The van der Waals surface area contributed by atoms with Gasteiger partial charge in [-0.05, 0) is 29.8 Å². The summed E-state index contributed by atoms with van der Waals surface area (Å²) in [6, 6.07) is 11.9. The van der Waals surface area contributed by atoms with Crippen LogP contribution in [0.1, 0.15) is 11.1 Å². The minimum atomic E-state index is -0.480. The van der Waals surface area contributed by atoms with Crippen LogP contribution in [-0.4, -0.2) is 18.8 Å². The Balaban J connectivity index is 1.87. The van der Waals surface area contributed by atoms with Gasteiger partial charge in [-0.15, -0.1) is 0 Å². The molecule has 0 unspecified atom stereocenters. The number of benzene rings is 2. The third kappa shape index (κ3) is 2.87. The van der Waals surface area contributed by atoms with Gasteiger partial charge in [0.15, 0.2) is 11.5 Å². The number of anilines is 1. The van der Waals surface area contributed by atoms with E-state index < -0.39 is 4.92 Å². The molecule has 0 spiro atoms. The molecule has 3 rings (SSSR count). The highest BCUT2D eigenvalue weighted by atomic mass is 16.7. The average Bonchev–Trinajstić information content (AvgIpc) is 3.01. The van der Waals surface area contributed by atoms with Crippen molar-refractivity contribution in [1.82, 2.24) is 0 Å². The fourth-order valence-corrected chi connectivity index (χ4v) is 2.46. The lowest BCUT2D eigenvalue weighted by molar-refractivity contribution is -0.384. The molecule has 23 heavy (non-hydrogen) atoms. The van der Waals surface area contributed by atoms with Gasteiger partial charge in [-0.3, -0.25) is 10.1 Å². The first kappa shape index (κ1) is 14.7. The van der Waals surface area contributed by atoms with E-state index in [4.69, 9.17) is 14.7 Å². The number of fused-ring (bicyclic) bond motifs is 1. The zero-order valence-electron chi connectivity index (χ0n) is 12.4. The summed E-state index contributed by atoms with van der Waals surface area (Å²) >= 11 is 0.